The number of aromatic nitrogens is 6. The fraction of sp³-hybridized carbons (Fsp3) is 0.105. The molecule has 0 aliphatic rings. The van der Waals surface area contributed by atoms with Gasteiger partial charge in [-0.25, -0.2) is 0 Å². The second kappa shape index (κ2) is 18.6. The summed E-state index contributed by atoms with van der Waals surface area (Å²) in [6.07, 6.45) is 2.49. The van der Waals surface area contributed by atoms with Gasteiger partial charge in [-0.15, -0.1) is 0 Å². The fourth-order valence-corrected chi connectivity index (χ4v) is 6.96. The molecule has 0 aliphatic heterocycles. The number of carbonyl (C=O) groups excluding carboxylic acids is 2. The number of hydrogen-bond acceptors (Lipinski definition) is 18. The maximum atomic E-state index is 12.6. The Bertz CT molecular complexity index is 2700. The molecule has 0 spiro atoms. The van der Waals surface area contributed by atoms with Gasteiger partial charge in [-0.05, 0) is 83.9 Å². The van der Waals surface area contributed by atoms with E-state index in [4.69, 9.17) is 0 Å². The third kappa shape index (κ3) is 11.1. The molecule has 2 heterocycles. The maximum absolute atomic E-state index is 12.6. The number of rotatable bonds is 16. The molecular formula is C38H38N14O8S2. The number of anilines is 10. The van der Waals surface area contributed by atoms with Crippen molar-refractivity contribution in [2.75, 3.05) is 60.1 Å². The van der Waals surface area contributed by atoms with Gasteiger partial charge >= 0.3 is 0 Å². The minimum atomic E-state index is -4.86. The van der Waals surface area contributed by atoms with Crippen molar-refractivity contribution in [3.05, 3.63) is 107 Å². The molecule has 320 valence electrons. The molecule has 0 atom stereocenters. The van der Waals surface area contributed by atoms with Gasteiger partial charge < -0.3 is 42.5 Å². The summed E-state index contributed by atoms with van der Waals surface area (Å²) in [6.45, 7) is 0. The van der Waals surface area contributed by atoms with Crippen molar-refractivity contribution in [1.29, 1.82) is 0 Å². The van der Waals surface area contributed by atoms with Crippen LogP contribution in [0, 0.1) is 0 Å². The van der Waals surface area contributed by atoms with Crippen LogP contribution in [0.3, 0.4) is 0 Å². The van der Waals surface area contributed by atoms with Gasteiger partial charge in [0, 0.05) is 62.1 Å². The lowest BCUT2D eigenvalue weighted by Gasteiger charge is -2.12. The first kappa shape index (κ1) is 43.8. The zero-order valence-corrected chi connectivity index (χ0v) is 34.7. The van der Waals surface area contributed by atoms with E-state index in [1.165, 1.54) is 50.5 Å². The first-order chi connectivity index (χ1) is 29.5. The average molecular weight is 883 g/mol. The Kier molecular flexibility index (Phi) is 13.2. The Balaban J connectivity index is 1.23. The minimum absolute atomic E-state index is 0.00877. The van der Waals surface area contributed by atoms with Gasteiger partial charge in [0.15, 0.2) is 0 Å². The Labute approximate surface area is 354 Å². The highest BCUT2D eigenvalue weighted by Gasteiger charge is 2.19. The summed E-state index contributed by atoms with van der Waals surface area (Å²) in [5, 5.41) is 22.5. The van der Waals surface area contributed by atoms with Crippen LogP contribution in [0.5, 0.6) is 0 Å². The fourth-order valence-electron chi connectivity index (χ4n) is 5.54. The highest BCUT2D eigenvalue weighted by atomic mass is 32.2. The van der Waals surface area contributed by atoms with Crippen LogP contribution in [0.15, 0.2) is 94.7 Å². The molecule has 2 aromatic heterocycles. The molecule has 0 fully saturated rings. The number of carbonyl (C=O) groups is 2. The highest BCUT2D eigenvalue weighted by molar-refractivity contribution is 7.86. The maximum Gasteiger partial charge on any atom is 0.295 e. The third-order valence-corrected chi connectivity index (χ3v) is 10.3. The zero-order valence-electron chi connectivity index (χ0n) is 33.1. The van der Waals surface area contributed by atoms with Gasteiger partial charge in [0.2, 0.25) is 35.7 Å². The van der Waals surface area contributed by atoms with E-state index in [0.717, 1.165) is 12.1 Å². The monoisotopic (exact) mass is 882 g/mol. The second-order valence-electron chi connectivity index (χ2n) is 12.7. The lowest BCUT2D eigenvalue weighted by Crippen LogP contribution is -2.17. The molecular weight excluding hydrogens is 845 g/mol. The van der Waals surface area contributed by atoms with Crippen molar-refractivity contribution >= 4 is 103 Å². The number of amides is 2. The van der Waals surface area contributed by atoms with Crippen molar-refractivity contribution in [2.45, 2.75) is 9.79 Å². The topological polar surface area (TPSA) is 316 Å². The van der Waals surface area contributed by atoms with Crippen LogP contribution in [0.25, 0.3) is 12.2 Å². The van der Waals surface area contributed by atoms with E-state index >= 15 is 0 Å². The predicted octanol–water partition coefficient (Wildman–Crippen LogP) is 4.50. The van der Waals surface area contributed by atoms with Gasteiger partial charge in [-0.1, -0.05) is 24.3 Å². The van der Waals surface area contributed by atoms with Crippen LogP contribution >= 0.6 is 0 Å². The summed E-state index contributed by atoms with van der Waals surface area (Å²) in [5.41, 5.74) is 2.22. The summed E-state index contributed by atoms with van der Waals surface area (Å²) in [4.78, 5) is 48.4. The molecule has 24 heteroatoms. The van der Waals surface area contributed by atoms with E-state index in [9.17, 15) is 35.5 Å². The molecule has 62 heavy (non-hydrogen) atoms. The van der Waals surface area contributed by atoms with Crippen LogP contribution in [0.1, 0.15) is 31.8 Å². The zero-order chi connectivity index (χ0) is 44.6. The minimum Gasteiger partial charge on any atom is -0.357 e. The average Bonchev–Trinajstić information content (AvgIpc) is 3.25. The Morgan fingerprint density at radius 1 is 0.452 bits per heavy atom. The van der Waals surface area contributed by atoms with E-state index < -0.39 is 30.0 Å². The van der Waals surface area contributed by atoms with E-state index in [-0.39, 0.29) is 70.0 Å². The number of benzene rings is 4. The summed E-state index contributed by atoms with van der Waals surface area (Å²) < 4.78 is 70.8. The van der Waals surface area contributed by atoms with Gasteiger partial charge in [0.05, 0.1) is 0 Å². The summed E-state index contributed by atoms with van der Waals surface area (Å²) in [5.74, 6) is -0.0252. The molecule has 0 bridgehead atoms. The van der Waals surface area contributed by atoms with Crippen molar-refractivity contribution in [2.24, 2.45) is 0 Å². The molecule has 22 nitrogen and oxygen atoms in total. The largest absolute Gasteiger partial charge is 0.357 e. The Morgan fingerprint density at radius 2 is 0.742 bits per heavy atom. The van der Waals surface area contributed by atoms with Gasteiger partial charge in [-0.3, -0.25) is 18.7 Å². The Morgan fingerprint density at radius 3 is 1.03 bits per heavy atom. The van der Waals surface area contributed by atoms with Crippen LogP contribution < -0.4 is 42.5 Å². The quantitative estimate of drug-likeness (QED) is 0.0472. The number of nitrogens with one attached hydrogen (secondary N) is 8. The standard InChI is InChI=1S/C38H38N14O8S2/c1-39-31(53)23-9-13-25(14-10-23)43-35-47-33(41-3)49-37(51-35)45-27-17-7-21(29(19-27)61(55,56)57)5-6-22-8-18-28(20-30(22)62(58,59)60)46-38-50-34(42-4)48-36(52-38)44-26-15-11-24(12-16-26)32(54)40-2/h5-20H,1-4H3,(H,39,53)(H,40,54)(H,55,56,57)(H,58,59,60)(H3,41,43,45,47,49,51)(H3,42,44,46,48,50,52). The second-order valence-corrected chi connectivity index (χ2v) is 15.5. The molecule has 6 rings (SSSR count). The van der Waals surface area contributed by atoms with E-state index in [2.05, 4.69) is 72.4 Å². The Hall–Kier alpha value is -7.80. The molecule has 0 saturated heterocycles. The van der Waals surface area contributed by atoms with E-state index in [1.54, 1.807) is 62.6 Å². The normalized spacial score (nSPS) is 11.4. The first-order valence-corrected chi connectivity index (χ1v) is 20.9. The number of hydrogen-bond donors (Lipinski definition) is 10. The summed E-state index contributed by atoms with van der Waals surface area (Å²) in [6, 6.07) is 20.9. The molecule has 0 saturated carbocycles. The van der Waals surface area contributed by atoms with Crippen molar-refractivity contribution in [3.63, 3.8) is 0 Å². The van der Waals surface area contributed by atoms with Gasteiger partial charge in [-0.2, -0.15) is 46.7 Å². The molecule has 4 aromatic carbocycles. The SMILES string of the molecule is CNC(=O)c1ccc(Nc2nc(NC)nc(Nc3ccc(C=Cc4ccc(Nc5nc(NC)nc(Nc6ccc(C(=O)NC)cc6)n5)cc4S(=O)(=O)O)c(S(=O)(=O)O)c3)n2)cc1. The van der Waals surface area contributed by atoms with Crippen LogP contribution in [-0.2, 0) is 20.2 Å². The van der Waals surface area contributed by atoms with Gasteiger partial charge in [0.25, 0.3) is 32.1 Å². The number of nitrogens with zero attached hydrogens (tertiary/aromatic N) is 6. The molecule has 10 N–H and O–H groups in total. The first-order valence-electron chi connectivity index (χ1n) is 18.1. The molecule has 0 radical (unpaired) electrons. The lowest BCUT2D eigenvalue weighted by atomic mass is 10.1. The molecule has 6 aromatic rings. The van der Waals surface area contributed by atoms with Crippen molar-refractivity contribution in [1.82, 2.24) is 40.5 Å². The van der Waals surface area contributed by atoms with E-state index in [1.807, 2.05) is 0 Å². The molecule has 0 unspecified atom stereocenters. The summed E-state index contributed by atoms with van der Waals surface area (Å²) in [7, 11) is -3.52. The van der Waals surface area contributed by atoms with Crippen molar-refractivity contribution in [3.8, 4) is 0 Å². The molecule has 2 amide bonds. The molecule has 0 aliphatic carbocycles. The van der Waals surface area contributed by atoms with Gasteiger partial charge in [0.1, 0.15) is 9.79 Å². The van der Waals surface area contributed by atoms with E-state index in [0.29, 0.717) is 22.5 Å². The van der Waals surface area contributed by atoms with Crippen LogP contribution in [-0.4, -0.2) is 95.9 Å². The third-order valence-electron chi connectivity index (χ3n) is 8.52. The van der Waals surface area contributed by atoms with Crippen LogP contribution in [0.4, 0.5) is 58.4 Å². The smallest absolute Gasteiger partial charge is 0.295 e. The predicted molar refractivity (Wildman–Crippen MR) is 233 cm³/mol. The van der Waals surface area contributed by atoms with Crippen molar-refractivity contribution < 1.29 is 35.5 Å². The summed E-state index contributed by atoms with van der Waals surface area (Å²) >= 11 is 0. The van der Waals surface area contributed by atoms with Crippen LogP contribution in [0.2, 0.25) is 0 Å². The highest BCUT2D eigenvalue weighted by Crippen LogP contribution is 2.29. The lowest BCUT2D eigenvalue weighted by molar-refractivity contribution is 0.0955.